The fourth-order valence-corrected chi connectivity index (χ4v) is 1.65. The van der Waals surface area contributed by atoms with Gasteiger partial charge in [0.2, 0.25) is 11.8 Å². The van der Waals surface area contributed by atoms with Crippen molar-refractivity contribution in [3.63, 3.8) is 0 Å². The highest BCUT2D eigenvalue weighted by molar-refractivity contribution is 5.79. The molecule has 2 amide bonds. The molecule has 1 atom stereocenters. The van der Waals surface area contributed by atoms with Gasteiger partial charge in [0.15, 0.2) is 0 Å². The van der Waals surface area contributed by atoms with Crippen molar-refractivity contribution in [2.24, 2.45) is 5.73 Å². The number of amides is 2. The van der Waals surface area contributed by atoms with Gasteiger partial charge in [-0.05, 0) is 6.42 Å². The number of nitrogens with zero attached hydrogens (tertiary/aromatic N) is 1. The van der Waals surface area contributed by atoms with Gasteiger partial charge in [0.1, 0.15) is 6.61 Å². The van der Waals surface area contributed by atoms with Crippen molar-refractivity contribution in [2.75, 3.05) is 33.4 Å². The molecule has 0 aromatic rings. The largest absolute Gasteiger partial charge is 0.370 e. The summed E-state index contributed by atoms with van der Waals surface area (Å²) in [6.07, 6.45) is 1.19. The maximum Gasteiger partial charge on any atom is 0.246 e. The molecule has 1 rings (SSSR count). The van der Waals surface area contributed by atoms with Crippen molar-refractivity contribution < 1.29 is 14.3 Å². The van der Waals surface area contributed by atoms with Gasteiger partial charge in [-0.1, -0.05) is 0 Å². The molecule has 1 aliphatic heterocycles. The van der Waals surface area contributed by atoms with E-state index in [1.807, 2.05) is 0 Å². The molecule has 0 aliphatic carbocycles. The highest BCUT2D eigenvalue weighted by Crippen LogP contribution is 2.09. The van der Waals surface area contributed by atoms with Crippen LogP contribution in [0.2, 0.25) is 0 Å². The lowest BCUT2D eigenvalue weighted by Crippen LogP contribution is -2.49. The number of hydrogen-bond donors (Lipinski definition) is 2. The molecule has 0 radical (unpaired) electrons. The zero-order chi connectivity index (χ0) is 12.0. The minimum atomic E-state index is -0.152. The van der Waals surface area contributed by atoms with E-state index < -0.39 is 0 Å². The molecule has 0 saturated carbocycles. The zero-order valence-electron chi connectivity index (χ0n) is 9.57. The van der Waals surface area contributed by atoms with E-state index in [-0.39, 0.29) is 24.5 Å². The van der Waals surface area contributed by atoms with Crippen LogP contribution in [-0.2, 0) is 14.3 Å². The fourth-order valence-electron chi connectivity index (χ4n) is 1.65. The van der Waals surface area contributed by atoms with E-state index >= 15 is 0 Å². The number of rotatable bonds is 5. The van der Waals surface area contributed by atoms with E-state index in [0.29, 0.717) is 32.5 Å². The third-order valence-corrected chi connectivity index (χ3v) is 2.49. The molecule has 6 heteroatoms. The Morgan fingerprint density at radius 2 is 2.44 bits per heavy atom. The van der Waals surface area contributed by atoms with Gasteiger partial charge in [-0.25, -0.2) is 0 Å². The van der Waals surface area contributed by atoms with Crippen LogP contribution in [0.25, 0.3) is 0 Å². The predicted molar refractivity (Wildman–Crippen MR) is 58.7 cm³/mol. The molecule has 6 nitrogen and oxygen atoms in total. The zero-order valence-corrected chi connectivity index (χ0v) is 9.57. The van der Waals surface area contributed by atoms with Crippen molar-refractivity contribution in [1.82, 2.24) is 10.2 Å². The van der Waals surface area contributed by atoms with Gasteiger partial charge in [0.25, 0.3) is 0 Å². The molecule has 0 aromatic heterocycles. The molecule has 1 unspecified atom stereocenters. The van der Waals surface area contributed by atoms with Gasteiger partial charge < -0.3 is 20.7 Å². The second-order valence-corrected chi connectivity index (χ2v) is 3.92. The van der Waals surface area contributed by atoms with Gasteiger partial charge in [-0.2, -0.15) is 0 Å². The van der Waals surface area contributed by atoms with Gasteiger partial charge in [0.05, 0.1) is 6.61 Å². The number of nitrogens with one attached hydrogen (secondary N) is 1. The Morgan fingerprint density at radius 1 is 1.69 bits per heavy atom. The van der Waals surface area contributed by atoms with E-state index in [0.717, 1.165) is 0 Å². The minimum Gasteiger partial charge on any atom is -0.370 e. The first-order chi connectivity index (χ1) is 7.63. The third-order valence-electron chi connectivity index (χ3n) is 2.49. The van der Waals surface area contributed by atoms with E-state index in [2.05, 4.69) is 5.32 Å². The normalized spacial score (nSPS) is 21.0. The van der Waals surface area contributed by atoms with Crippen molar-refractivity contribution in [2.45, 2.75) is 18.9 Å². The van der Waals surface area contributed by atoms with Crippen molar-refractivity contribution >= 4 is 11.8 Å². The number of ether oxygens (including phenoxy) is 1. The Hall–Kier alpha value is -1.14. The highest BCUT2D eigenvalue weighted by atomic mass is 16.5. The molecule has 1 fully saturated rings. The molecular formula is C10H19N3O3. The number of likely N-dealkylation sites (tertiary alicyclic amines) is 1. The monoisotopic (exact) mass is 229 g/mol. The Kier molecular flexibility index (Phi) is 5.21. The van der Waals surface area contributed by atoms with Gasteiger partial charge in [-0.3, -0.25) is 9.59 Å². The molecule has 92 valence electrons. The Balaban J connectivity index is 2.21. The maximum atomic E-state index is 11.4. The summed E-state index contributed by atoms with van der Waals surface area (Å²) in [6.45, 7) is 1.40. The predicted octanol–water partition coefficient (Wildman–Crippen LogP) is -1.30. The molecule has 0 bridgehead atoms. The van der Waals surface area contributed by atoms with Crippen LogP contribution in [0.5, 0.6) is 0 Å². The summed E-state index contributed by atoms with van der Waals surface area (Å²) in [7, 11) is 1.74. The van der Waals surface area contributed by atoms with Crippen LogP contribution < -0.4 is 11.1 Å². The molecule has 0 aromatic carbocycles. The van der Waals surface area contributed by atoms with Crippen LogP contribution in [0.3, 0.4) is 0 Å². The number of carbonyl (C=O) groups excluding carboxylic acids is 2. The van der Waals surface area contributed by atoms with Crippen molar-refractivity contribution in [3.05, 3.63) is 0 Å². The van der Waals surface area contributed by atoms with E-state index in [1.54, 1.807) is 11.9 Å². The SMILES string of the molecule is CN1CC(NC(=O)COCCN)CCC1=O. The summed E-state index contributed by atoms with van der Waals surface area (Å²) in [5, 5.41) is 2.83. The fraction of sp³-hybridized carbons (Fsp3) is 0.800. The number of nitrogens with two attached hydrogens (primary N) is 1. The number of carbonyl (C=O) groups is 2. The lowest BCUT2D eigenvalue weighted by Gasteiger charge is -2.30. The number of piperidine rings is 1. The topological polar surface area (TPSA) is 84.7 Å². The standard InChI is InChI=1S/C10H19N3O3/c1-13-6-8(2-3-10(13)15)12-9(14)7-16-5-4-11/h8H,2-7,11H2,1H3,(H,12,14). The van der Waals surface area contributed by atoms with Crippen molar-refractivity contribution in [1.29, 1.82) is 0 Å². The quantitative estimate of drug-likeness (QED) is 0.574. The van der Waals surface area contributed by atoms with E-state index in [4.69, 9.17) is 10.5 Å². The smallest absolute Gasteiger partial charge is 0.246 e. The Bertz CT molecular complexity index is 258. The lowest BCUT2D eigenvalue weighted by atomic mass is 10.1. The lowest BCUT2D eigenvalue weighted by molar-refractivity contribution is -0.134. The molecule has 0 spiro atoms. The van der Waals surface area contributed by atoms with Crippen LogP contribution in [-0.4, -0.2) is 56.1 Å². The van der Waals surface area contributed by atoms with Gasteiger partial charge in [0, 0.05) is 32.6 Å². The Labute approximate surface area is 95.1 Å². The summed E-state index contributed by atoms with van der Waals surface area (Å²) >= 11 is 0. The average molecular weight is 229 g/mol. The summed E-state index contributed by atoms with van der Waals surface area (Å²) in [5.74, 6) is -0.0221. The van der Waals surface area contributed by atoms with Crippen LogP contribution >= 0.6 is 0 Å². The van der Waals surface area contributed by atoms with Crippen LogP contribution in [0.1, 0.15) is 12.8 Å². The van der Waals surface area contributed by atoms with E-state index in [1.165, 1.54) is 0 Å². The van der Waals surface area contributed by atoms with Crippen LogP contribution in [0, 0.1) is 0 Å². The first kappa shape index (κ1) is 12.9. The van der Waals surface area contributed by atoms with Gasteiger partial charge >= 0.3 is 0 Å². The molecule has 1 saturated heterocycles. The summed E-state index contributed by atoms with van der Waals surface area (Å²) < 4.78 is 5.02. The minimum absolute atomic E-state index is 0.0331. The van der Waals surface area contributed by atoms with Crippen molar-refractivity contribution in [3.8, 4) is 0 Å². The average Bonchev–Trinajstić information content (AvgIpc) is 2.24. The van der Waals surface area contributed by atoms with Crippen LogP contribution in [0.4, 0.5) is 0 Å². The highest BCUT2D eigenvalue weighted by Gasteiger charge is 2.23. The van der Waals surface area contributed by atoms with E-state index in [9.17, 15) is 9.59 Å². The first-order valence-corrected chi connectivity index (χ1v) is 5.44. The summed E-state index contributed by atoms with van der Waals surface area (Å²) in [6, 6.07) is 0.0386. The second-order valence-electron chi connectivity index (χ2n) is 3.92. The third kappa shape index (κ3) is 4.16. The Morgan fingerprint density at radius 3 is 3.06 bits per heavy atom. The maximum absolute atomic E-state index is 11.4. The molecule has 16 heavy (non-hydrogen) atoms. The molecule has 1 heterocycles. The molecule has 1 aliphatic rings. The molecule has 3 N–H and O–H groups in total. The summed E-state index contributed by atoms with van der Waals surface area (Å²) in [5.41, 5.74) is 5.23. The van der Waals surface area contributed by atoms with Crippen LogP contribution in [0.15, 0.2) is 0 Å². The summed E-state index contributed by atoms with van der Waals surface area (Å²) in [4.78, 5) is 24.2. The van der Waals surface area contributed by atoms with Gasteiger partial charge in [-0.15, -0.1) is 0 Å². The molecular weight excluding hydrogens is 210 g/mol. The first-order valence-electron chi connectivity index (χ1n) is 5.44. The number of likely N-dealkylation sites (N-methyl/N-ethyl adjacent to an activating group) is 1. The second kappa shape index (κ2) is 6.44. The number of hydrogen-bond acceptors (Lipinski definition) is 4.